The van der Waals surface area contributed by atoms with Crippen LogP contribution in [0.25, 0.3) is 88.7 Å². The molecule has 306 valence electrons. The van der Waals surface area contributed by atoms with Gasteiger partial charge in [0.15, 0.2) is 0 Å². The van der Waals surface area contributed by atoms with Crippen LogP contribution < -0.4 is 4.90 Å². The van der Waals surface area contributed by atoms with Crippen LogP contribution >= 0.6 is 0 Å². The van der Waals surface area contributed by atoms with Crippen molar-refractivity contribution in [2.75, 3.05) is 4.90 Å². The maximum atomic E-state index is 2.36. The van der Waals surface area contributed by atoms with Gasteiger partial charge in [-0.15, -0.1) is 0 Å². The number of benzene rings is 11. The molecule has 0 aliphatic heterocycles. The number of nitrogens with zero attached hydrogens (tertiary/aromatic N) is 1. The fraction of sp³-hybridized carbons (Fsp3) is 0. The van der Waals surface area contributed by atoms with E-state index in [2.05, 4.69) is 278 Å². The zero-order valence-corrected chi connectivity index (χ0v) is 35.9. The lowest BCUT2D eigenvalue weighted by atomic mass is 9.90. The van der Waals surface area contributed by atoms with Crippen molar-refractivity contribution in [2.24, 2.45) is 0 Å². The summed E-state index contributed by atoms with van der Waals surface area (Å²) in [5, 5.41) is 2.48. The van der Waals surface area contributed by atoms with Gasteiger partial charge in [0, 0.05) is 17.1 Å². The monoisotopic (exact) mass is 827 g/mol. The zero-order valence-electron chi connectivity index (χ0n) is 35.9. The van der Waals surface area contributed by atoms with Crippen molar-refractivity contribution in [3.8, 4) is 77.9 Å². The molecule has 0 aliphatic carbocycles. The lowest BCUT2D eigenvalue weighted by molar-refractivity contribution is 1.28. The fourth-order valence-electron chi connectivity index (χ4n) is 9.26. The number of hydrogen-bond acceptors (Lipinski definition) is 1. The second-order valence-corrected chi connectivity index (χ2v) is 16.5. The number of fused-ring (bicyclic) bond motifs is 1. The summed E-state index contributed by atoms with van der Waals surface area (Å²) in [6.45, 7) is 0. The van der Waals surface area contributed by atoms with Crippen molar-refractivity contribution in [3.63, 3.8) is 0 Å². The molecule has 0 bridgehead atoms. The summed E-state index contributed by atoms with van der Waals surface area (Å²) < 4.78 is 0. The highest BCUT2D eigenvalue weighted by Gasteiger charge is 2.16. The van der Waals surface area contributed by atoms with E-state index < -0.39 is 0 Å². The molecule has 0 N–H and O–H groups in total. The molecule has 0 radical (unpaired) electrons. The number of rotatable bonds is 10. The quantitative estimate of drug-likeness (QED) is 0.133. The second-order valence-electron chi connectivity index (χ2n) is 16.5. The van der Waals surface area contributed by atoms with Gasteiger partial charge in [-0.2, -0.15) is 0 Å². The number of hydrogen-bond donors (Lipinski definition) is 0. The van der Waals surface area contributed by atoms with E-state index in [1.165, 1.54) is 88.7 Å². The molecule has 1 heteroatoms. The van der Waals surface area contributed by atoms with Crippen LogP contribution in [0.1, 0.15) is 0 Å². The van der Waals surface area contributed by atoms with Gasteiger partial charge in [-0.1, -0.05) is 224 Å². The first-order valence-corrected chi connectivity index (χ1v) is 22.3. The van der Waals surface area contributed by atoms with Gasteiger partial charge < -0.3 is 4.90 Å². The van der Waals surface area contributed by atoms with E-state index in [0.717, 1.165) is 17.1 Å². The lowest BCUT2D eigenvalue weighted by Crippen LogP contribution is -2.09. The molecule has 0 spiro atoms. The van der Waals surface area contributed by atoms with Crippen LogP contribution in [-0.4, -0.2) is 0 Å². The van der Waals surface area contributed by atoms with Crippen LogP contribution in [0.3, 0.4) is 0 Å². The molecule has 1 nitrogen and oxygen atoms in total. The van der Waals surface area contributed by atoms with E-state index in [-0.39, 0.29) is 0 Å². The first-order valence-electron chi connectivity index (χ1n) is 22.3. The van der Waals surface area contributed by atoms with E-state index in [1.54, 1.807) is 0 Å². The summed E-state index contributed by atoms with van der Waals surface area (Å²) >= 11 is 0. The molecule has 11 aromatic rings. The highest BCUT2D eigenvalue weighted by Crippen LogP contribution is 2.42. The van der Waals surface area contributed by atoms with Crippen LogP contribution in [0.2, 0.25) is 0 Å². The Balaban J connectivity index is 0.958. The van der Waals surface area contributed by atoms with E-state index >= 15 is 0 Å². The molecule has 0 fully saturated rings. The van der Waals surface area contributed by atoms with Crippen molar-refractivity contribution in [1.82, 2.24) is 0 Å². The van der Waals surface area contributed by atoms with Gasteiger partial charge in [0.05, 0.1) is 0 Å². The Morgan fingerprint density at radius 3 is 0.985 bits per heavy atom. The van der Waals surface area contributed by atoms with Gasteiger partial charge >= 0.3 is 0 Å². The normalized spacial score (nSPS) is 11.1. The van der Waals surface area contributed by atoms with E-state index in [1.807, 2.05) is 0 Å². The first-order chi connectivity index (χ1) is 32.2. The summed E-state index contributed by atoms with van der Waals surface area (Å²) in [6.07, 6.45) is 0. The smallest absolute Gasteiger partial charge is 0.0462 e. The highest BCUT2D eigenvalue weighted by atomic mass is 15.1. The van der Waals surface area contributed by atoms with Crippen LogP contribution in [0.4, 0.5) is 17.1 Å². The SMILES string of the molecule is c1ccc(-c2ccc(N(c3ccc(-c4cccc(-c5ccccc5-c5ccccc5)c4)cc3)c3ccc(-c4cccc5cccc(-c6cccc(-c7ccccc7)c6)c45)cc3)cc2)cc1. The van der Waals surface area contributed by atoms with E-state index in [4.69, 9.17) is 0 Å². The number of anilines is 3. The maximum absolute atomic E-state index is 2.36. The molecule has 11 rings (SSSR count). The topological polar surface area (TPSA) is 3.24 Å². The molecular formula is C64H45N. The third-order valence-electron chi connectivity index (χ3n) is 12.5. The maximum Gasteiger partial charge on any atom is 0.0462 e. The zero-order chi connectivity index (χ0) is 43.4. The summed E-state index contributed by atoms with van der Waals surface area (Å²) in [7, 11) is 0. The minimum atomic E-state index is 1.09. The summed E-state index contributed by atoms with van der Waals surface area (Å²) in [5.74, 6) is 0. The van der Waals surface area contributed by atoms with Gasteiger partial charge in [-0.05, 0) is 137 Å². The minimum Gasteiger partial charge on any atom is -0.311 e. The van der Waals surface area contributed by atoms with Crippen molar-refractivity contribution in [3.05, 3.63) is 273 Å². The molecule has 0 amide bonds. The van der Waals surface area contributed by atoms with Crippen LogP contribution in [-0.2, 0) is 0 Å². The Labute approximate surface area is 381 Å². The predicted octanol–water partition coefficient (Wildman–Crippen LogP) is 18.0. The van der Waals surface area contributed by atoms with Crippen molar-refractivity contribution in [1.29, 1.82) is 0 Å². The Hall–Kier alpha value is -8.52. The van der Waals surface area contributed by atoms with Crippen LogP contribution in [0.15, 0.2) is 273 Å². The van der Waals surface area contributed by atoms with Crippen molar-refractivity contribution < 1.29 is 0 Å². The lowest BCUT2D eigenvalue weighted by Gasteiger charge is -2.26. The minimum absolute atomic E-state index is 1.09. The first kappa shape index (κ1) is 39.3. The molecule has 0 heterocycles. The molecule has 65 heavy (non-hydrogen) atoms. The average molecular weight is 828 g/mol. The standard InChI is InChI=1S/C64H45N/c1-4-16-46(17-5-1)48-32-38-57(39-33-48)65(58-40-34-49(35-41-58)54-25-12-26-55(44-54)61-29-11-10-28-60(61)50-20-8-3-9-21-50)59-42-36-51(37-43-59)62-30-14-22-52-23-15-31-63(64(52)62)56-27-13-24-53(45-56)47-18-6-2-7-19-47/h1-45H. The third-order valence-corrected chi connectivity index (χ3v) is 12.5. The van der Waals surface area contributed by atoms with Crippen molar-refractivity contribution in [2.45, 2.75) is 0 Å². The Morgan fingerprint density at radius 2 is 0.477 bits per heavy atom. The molecule has 0 saturated heterocycles. The van der Waals surface area contributed by atoms with Crippen molar-refractivity contribution >= 4 is 27.8 Å². The molecule has 0 aromatic heterocycles. The summed E-state index contributed by atoms with van der Waals surface area (Å²) in [4.78, 5) is 2.36. The molecule has 0 atom stereocenters. The van der Waals surface area contributed by atoms with Gasteiger partial charge in [-0.3, -0.25) is 0 Å². The van der Waals surface area contributed by atoms with Crippen LogP contribution in [0, 0.1) is 0 Å². The predicted molar refractivity (Wildman–Crippen MR) is 277 cm³/mol. The summed E-state index contributed by atoms with van der Waals surface area (Å²) in [5.41, 5.74) is 20.1. The second kappa shape index (κ2) is 17.7. The molecule has 0 unspecified atom stereocenters. The average Bonchev–Trinajstić information content (AvgIpc) is 3.40. The molecule has 0 saturated carbocycles. The van der Waals surface area contributed by atoms with E-state index in [9.17, 15) is 0 Å². The van der Waals surface area contributed by atoms with Gasteiger partial charge in [0.25, 0.3) is 0 Å². The molecule has 0 aliphatic rings. The van der Waals surface area contributed by atoms with Gasteiger partial charge in [0.1, 0.15) is 0 Å². The van der Waals surface area contributed by atoms with E-state index in [0.29, 0.717) is 0 Å². The molecule has 11 aromatic carbocycles. The van der Waals surface area contributed by atoms with Crippen LogP contribution in [0.5, 0.6) is 0 Å². The Bertz CT molecular complexity index is 3370. The molecular weight excluding hydrogens is 783 g/mol. The fourth-order valence-corrected chi connectivity index (χ4v) is 9.26. The Kier molecular flexibility index (Phi) is 10.7. The largest absolute Gasteiger partial charge is 0.311 e. The Morgan fingerprint density at radius 1 is 0.185 bits per heavy atom. The highest BCUT2D eigenvalue weighted by molar-refractivity contribution is 6.07. The summed E-state index contributed by atoms with van der Waals surface area (Å²) in [6, 6.07) is 98.7. The third kappa shape index (κ3) is 8.04. The van der Waals surface area contributed by atoms with Gasteiger partial charge in [-0.25, -0.2) is 0 Å². The van der Waals surface area contributed by atoms with Gasteiger partial charge in [0.2, 0.25) is 0 Å².